The van der Waals surface area contributed by atoms with Gasteiger partial charge in [0.1, 0.15) is 12.4 Å². The monoisotopic (exact) mass is 439 g/mol. The van der Waals surface area contributed by atoms with Crippen LogP contribution in [0.15, 0.2) is 42.5 Å². The van der Waals surface area contributed by atoms with Gasteiger partial charge in [0.05, 0.1) is 16.7 Å². The van der Waals surface area contributed by atoms with Crippen molar-refractivity contribution in [3.63, 3.8) is 0 Å². The molecule has 0 radical (unpaired) electrons. The van der Waals surface area contributed by atoms with Gasteiger partial charge in [-0.3, -0.25) is 9.59 Å². The van der Waals surface area contributed by atoms with E-state index in [-0.39, 0.29) is 30.8 Å². The van der Waals surface area contributed by atoms with E-state index in [0.717, 1.165) is 31.2 Å². The molecule has 31 heavy (non-hydrogen) atoms. The molecule has 2 aromatic carbocycles. The quantitative estimate of drug-likeness (QED) is 0.617. The third-order valence-electron chi connectivity index (χ3n) is 5.29. The molecule has 0 saturated heterocycles. The van der Waals surface area contributed by atoms with E-state index in [1.807, 2.05) is 6.07 Å². The summed E-state index contributed by atoms with van der Waals surface area (Å²) in [5.41, 5.74) is 2.00. The molecule has 3 rings (SSSR count). The Hall–Kier alpha value is -3.04. The maximum atomic E-state index is 12.2. The minimum Gasteiger partial charge on any atom is -0.487 e. The molecule has 2 aromatic rings. The molecule has 2 N–H and O–H groups in total. The number of amides is 2. The van der Waals surface area contributed by atoms with Gasteiger partial charge in [-0.25, -0.2) is 0 Å². The van der Waals surface area contributed by atoms with Gasteiger partial charge in [0, 0.05) is 24.6 Å². The van der Waals surface area contributed by atoms with Crippen LogP contribution in [0.5, 0.6) is 5.75 Å². The standard InChI is InChI=1S/C24H26ClN3O3/c25-21-14-20(9-10-22(21)31-16-18-6-4-5-17(13-18)15-26)28-23(29)11-12-27-24(30)19-7-2-1-3-8-19/h4-6,9-10,13-14,19H,1-3,7-8,11-12,16H2,(H,27,30)(H,28,29). The van der Waals surface area contributed by atoms with Crippen molar-refractivity contribution in [1.29, 1.82) is 5.26 Å². The SMILES string of the molecule is N#Cc1cccc(COc2ccc(NC(=O)CCNC(=O)C3CCCCC3)cc2Cl)c1. The highest BCUT2D eigenvalue weighted by Gasteiger charge is 2.20. The molecular formula is C24H26ClN3O3. The lowest BCUT2D eigenvalue weighted by Crippen LogP contribution is -2.34. The first kappa shape index (κ1) is 22.6. The fraction of sp³-hybridized carbons (Fsp3) is 0.375. The van der Waals surface area contributed by atoms with Gasteiger partial charge in [-0.15, -0.1) is 0 Å². The highest BCUT2D eigenvalue weighted by Crippen LogP contribution is 2.28. The summed E-state index contributed by atoms with van der Waals surface area (Å²) in [5, 5.41) is 15.0. The van der Waals surface area contributed by atoms with Crippen molar-refractivity contribution in [2.24, 2.45) is 5.92 Å². The Morgan fingerprint density at radius 2 is 1.94 bits per heavy atom. The third-order valence-corrected chi connectivity index (χ3v) is 5.59. The van der Waals surface area contributed by atoms with Crippen LogP contribution in [-0.4, -0.2) is 18.4 Å². The van der Waals surface area contributed by atoms with Gasteiger partial charge in [0.2, 0.25) is 11.8 Å². The Labute approximate surface area is 187 Å². The maximum absolute atomic E-state index is 12.2. The molecule has 0 aromatic heterocycles. The Morgan fingerprint density at radius 1 is 1.13 bits per heavy atom. The second-order valence-electron chi connectivity index (χ2n) is 7.67. The zero-order valence-corrected chi connectivity index (χ0v) is 18.1. The first-order valence-corrected chi connectivity index (χ1v) is 10.9. The van der Waals surface area contributed by atoms with Crippen LogP contribution in [0.1, 0.15) is 49.7 Å². The molecule has 1 aliphatic carbocycles. The zero-order valence-electron chi connectivity index (χ0n) is 17.3. The van der Waals surface area contributed by atoms with Crippen LogP contribution in [-0.2, 0) is 16.2 Å². The summed E-state index contributed by atoms with van der Waals surface area (Å²) >= 11 is 6.28. The van der Waals surface area contributed by atoms with E-state index in [9.17, 15) is 9.59 Å². The lowest BCUT2D eigenvalue weighted by atomic mass is 9.89. The minimum atomic E-state index is -0.193. The van der Waals surface area contributed by atoms with E-state index in [4.69, 9.17) is 21.6 Å². The number of nitrogens with one attached hydrogen (secondary N) is 2. The molecule has 0 unspecified atom stereocenters. The molecule has 1 fully saturated rings. The largest absolute Gasteiger partial charge is 0.487 e. The van der Waals surface area contributed by atoms with Gasteiger partial charge < -0.3 is 15.4 Å². The molecule has 1 aliphatic rings. The number of benzene rings is 2. The molecule has 7 heteroatoms. The fourth-order valence-electron chi connectivity index (χ4n) is 3.62. The van der Waals surface area contributed by atoms with Gasteiger partial charge in [-0.2, -0.15) is 5.26 Å². The molecule has 6 nitrogen and oxygen atoms in total. The Morgan fingerprint density at radius 3 is 2.68 bits per heavy atom. The molecule has 0 spiro atoms. The number of carbonyl (C=O) groups excluding carboxylic acids is 2. The van der Waals surface area contributed by atoms with Crippen molar-refractivity contribution >= 4 is 29.1 Å². The van der Waals surface area contributed by atoms with E-state index >= 15 is 0 Å². The summed E-state index contributed by atoms with van der Waals surface area (Å²) in [5.74, 6) is 0.437. The van der Waals surface area contributed by atoms with E-state index in [0.29, 0.717) is 28.6 Å². The number of hydrogen-bond acceptors (Lipinski definition) is 4. The minimum absolute atomic E-state index is 0.0531. The van der Waals surface area contributed by atoms with Crippen molar-refractivity contribution < 1.29 is 14.3 Å². The lowest BCUT2D eigenvalue weighted by molar-refractivity contribution is -0.126. The predicted molar refractivity (Wildman–Crippen MR) is 120 cm³/mol. The van der Waals surface area contributed by atoms with Gasteiger partial charge in [0.25, 0.3) is 0 Å². The summed E-state index contributed by atoms with van der Waals surface area (Å²) < 4.78 is 5.73. The fourth-order valence-corrected chi connectivity index (χ4v) is 3.85. The predicted octanol–water partition coefficient (Wildman–Crippen LogP) is 4.82. The van der Waals surface area contributed by atoms with Crippen molar-refractivity contribution in [3.8, 4) is 11.8 Å². The zero-order chi connectivity index (χ0) is 22.1. The first-order valence-electron chi connectivity index (χ1n) is 10.5. The van der Waals surface area contributed by atoms with Crippen LogP contribution in [0.2, 0.25) is 5.02 Å². The van der Waals surface area contributed by atoms with Gasteiger partial charge in [-0.1, -0.05) is 43.0 Å². The highest BCUT2D eigenvalue weighted by atomic mass is 35.5. The number of hydrogen-bond donors (Lipinski definition) is 2. The van der Waals surface area contributed by atoms with Gasteiger partial charge >= 0.3 is 0 Å². The number of rotatable bonds is 8. The molecule has 0 bridgehead atoms. The van der Waals surface area contributed by atoms with Crippen molar-refractivity contribution in [2.45, 2.75) is 45.1 Å². The maximum Gasteiger partial charge on any atom is 0.226 e. The van der Waals surface area contributed by atoms with E-state index in [2.05, 4.69) is 16.7 Å². The van der Waals surface area contributed by atoms with Crippen LogP contribution >= 0.6 is 11.6 Å². The molecule has 0 heterocycles. The molecule has 1 saturated carbocycles. The third kappa shape index (κ3) is 7.01. The number of nitrogens with zero attached hydrogens (tertiary/aromatic N) is 1. The Balaban J connectivity index is 1.44. The van der Waals surface area contributed by atoms with E-state index in [1.54, 1.807) is 36.4 Å². The summed E-state index contributed by atoms with van der Waals surface area (Å²) in [4.78, 5) is 24.3. The number of nitriles is 1. The van der Waals surface area contributed by atoms with Crippen LogP contribution in [0.3, 0.4) is 0 Å². The number of carbonyl (C=O) groups is 2. The average Bonchev–Trinajstić information content (AvgIpc) is 2.79. The number of anilines is 1. The summed E-state index contributed by atoms with van der Waals surface area (Å²) in [6, 6.07) is 14.3. The highest BCUT2D eigenvalue weighted by molar-refractivity contribution is 6.32. The first-order chi connectivity index (χ1) is 15.0. The van der Waals surface area contributed by atoms with Gasteiger partial charge in [0.15, 0.2) is 0 Å². The topological polar surface area (TPSA) is 91.2 Å². The normalized spacial score (nSPS) is 13.8. The molecule has 2 amide bonds. The van der Waals surface area contributed by atoms with Crippen LogP contribution in [0, 0.1) is 17.2 Å². The second kappa shape index (κ2) is 11.4. The number of ether oxygens (including phenoxy) is 1. The number of halogens is 1. The van der Waals surface area contributed by atoms with Crippen molar-refractivity contribution in [2.75, 3.05) is 11.9 Å². The van der Waals surface area contributed by atoms with Gasteiger partial charge in [-0.05, 0) is 48.7 Å². The van der Waals surface area contributed by atoms with E-state index in [1.165, 1.54) is 6.42 Å². The average molecular weight is 440 g/mol. The summed E-state index contributed by atoms with van der Waals surface area (Å²) in [7, 11) is 0. The van der Waals surface area contributed by atoms with Crippen molar-refractivity contribution in [1.82, 2.24) is 5.32 Å². The molecule has 162 valence electrons. The second-order valence-corrected chi connectivity index (χ2v) is 8.08. The Kier molecular flexibility index (Phi) is 8.31. The van der Waals surface area contributed by atoms with E-state index < -0.39 is 0 Å². The van der Waals surface area contributed by atoms with Crippen LogP contribution in [0.25, 0.3) is 0 Å². The smallest absolute Gasteiger partial charge is 0.226 e. The molecule has 0 aliphatic heterocycles. The van der Waals surface area contributed by atoms with Crippen LogP contribution < -0.4 is 15.4 Å². The Bertz CT molecular complexity index is 965. The summed E-state index contributed by atoms with van der Waals surface area (Å²) in [6.45, 7) is 0.597. The summed E-state index contributed by atoms with van der Waals surface area (Å²) in [6.07, 6.45) is 5.48. The van der Waals surface area contributed by atoms with Crippen molar-refractivity contribution in [3.05, 3.63) is 58.6 Å². The molecular weight excluding hydrogens is 414 g/mol. The lowest BCUT2D eigenvalue weighted by Gasteiger charge is -2.20. The van der Waals surface area contributed by atoms with Crippen LogP contribution in [0.4, 0.5) is 5.69 Å². The molecule has 0 atom stereocenters.